The van der Waals surface area contributed by atoms with Gasteiger partial charge in [0, 0.05) is 37.6 Å². The predicted octanol–water partition coefficient (Wildman–Crippen LogP) is 2.50. The molecular formula is C19H23N3O3. The Morgan fingerprint density at radius 2 is 2.04 bits per heavy atom. The van der Waals surface area contributed by atoms with Crippen molar-refractivity contribution in [2.45, 2.75) is 31.9 Å². The van der Waals surface area contributed by atoms with Crippen LogP contribution in [0.25, 0.3) is 6.20 Å². The highest BCUT2D eigenvalue weighted by molar-refractivity contribution is 5.46. The molecule has 0 radical (unpaired) electrons. The molecule has 3 heterocycles. The Balaban J connectivity index is 1.43. The van der Waals surface area contributed by atoms with Crippen LogP contribution in [0.5, 0.6) is 11.5 Å². The maximum Gasteiger partial charge on any atom is 0.231 e. The number of piperidine rings is 1. The number of nitrogens with zero attached hydrogens (tertiary/aromatic N) is 3. The van der Waals surface area contributed by atoms with Gasteiger partial charge in [0.2, 0.25) is 6.79 Å². The molecule has 132 valence electrons. The summed E-state index contributed by atoms with van der Waals surface area (Å²) in [6, 6.07) is 5.74. The van der Waals surface area contributed by atoms with Gasteiger partial charge in [0.25, 0.3) is 0 Å². The molecular weight excluding hydrogens is 318 g/mol. The van der Waals surface area contributed by atoms with E-state index in [2.05, 4.69) is 16.6 Å². The van der Waals surface area contributed by atoms with Crippen LogP contribution < -0.4 is 9.47 Å². The van der Waals surface area contributed by atoms with Gasteiger partial charge in [0.05, 0.1) is 11.3 Å². The molecule has 0 spiro atoms. The van der Waals surface area contributed by atoms with Gasteiger partial charge in [-0.25, -0.2) is 4.68 Å². The summed E-state index contributed by atoms with van der Waals surface area (Å²) in [4.78, 5) is 2.36. The summed E-state index contributed by atoms with van der Waals surface area (Å²) in [5.74, 6) is 1.47. The first-order chi connectivity index (χ1) is 12.1. The average molecular weight is 341 g/mol. The van der Waals surface area contributed by atoms with E-state index in [1.54, 1.807) is 10.9 Å². The minimum atomic E-state index is -0.808. The molecule has 0 saturated carbocycles. The van der Waals surface area contributed by atoms with E-state index in [-0.39, 0.29) is 6.79 Å². The van der Waals surface area contributed by atoms with Gasteiger partial charge >= 0.3 is 0 Å². The lowest BCUT2D eigenvalue weighted by Gasteiger charge is -2.38. The summed E-state index contributed by atoms with van der Waals surface area (Å²) in [6.45, 7) is 8.53. The number of rotatable bonds is 4. The van der Waals surface area contributed by atoms with Gasteiger partial charge in [-0.2, -0.15) is 5.10 Å². The number of benzene rings is 1. The van der Waals surface area contributed by atoms with E-state index >= 15 is 0 Å². The fraction of sp³-hybridized carbons (Fsp3) is 0.421. The number of likely N-dealkylation sites (tertiary alicyclic amines) is 1. The molecule has 1 aromatic heterocycles. The van der Waals surface area contributed by atoms with Crippen LogP contribution in [0.1, 0.15) is 29.7 Å². The van der Waals surface area contributed by atoms with E-state index in [0.717, 1.165) is 42.4 Å². The number of fused-ring (bicyclic) bond motifs is 1. The molecule has 0 amide bonds. The third-order valence-electron chi connectivity index (χ3n) is 5.19. The maximum absolute atomic E-state index is 11.1. The first kappa shape index (κ1) is 16.2. The Bertz CT molecular complexity index is 791. The second kappa shape index (κ2) is 6.20. The standard InChI is InChI=1S/C19H23N3O3/c1-3-22-12-15(14(2)20-22)11-21-8-6-19(23,7-9-21)16-4-5-17-18(10-16)25-13-24-17/h3-5,10,12,23H,1,6-9,11,13H2,2H3. The second-order valence-electron chi connectivity index (χ2n) is 6.78. The molecule has 0 bridgehead atoms. The quantitative estimate of drug-likeness (QED) is 0.926. The zero-order chi connectivity index (χ0) is 17.4. The SMILES string of the molecule is C=Cn1cc(CN2CCC(O)(c3ccc4c(c3)OCO4)CC2)c(C)n1. The van der Waals surface area contributed by atoms with E-state index in [1.165, 1.54) is 5.56 Å². The molecule has 2 aromatic rings. The Morgan fingerprint density at radius 1 is 1.28 bits per heavy atom. The molecule has 6 heteroatoms. The van der Waals surface area contributed by atoms with E-state index in [4.69, 9.17) is 9.47 Å². The second-order valence-corrected chi connectivity index (χ2v) is 6.78. The number of hydrogen-bond donors (Lipinski definition) is 1. The van der Waals surface area contributed by atoms with Crippen molar-refractivity contribution in [3.8, 4) is 11.5 Å². The van der Waals surface area contributed by atoms with Crippen LogP contribution in [0, 0.1) is 6.92 Å². The lowest BCUT2D eigenvalue weighted by atomic mass is 9.84. The molecule has 1 N–H and O–H groups in total. The molecule has 2 aliphatic rings. The van der Waals surface area contributed by atoms with Crippen molar-refractivity contribution in [2.75, 3.05) is 19.9 Å². The largest absolute Gasteiger partial charge is 0.454 e. The van der Waals surface area contributed by atoms with Crippen molar-refractivity contribution < 1.29 is 14.6 Å². The van der Waals surface area contributed by atoms with Crippen molar-refractivity contribution in [3.63, 3.8) is 0 Å². The van der Waals surface area contributed by atoms with Gasteiger partial charge in [0.1, 0.15) is 0 Å². The summed E-state index contributed by atoms with van der Waals surface area (Å²) in [6.07, 6.45) is 5.11. The summed E-state index contributed by atoms with van der Waals surface area (Å²) >= 11 is 0. The van der Waals surface area contributed by atoms with Gasteiger partial charge in [-0.3, -0.25) is 4.90 Å². The van der Waals surface area contributed by atoms with Crippen molar-refractivity contribution in [3.05, 3.63) is 47.8 Å². The van der Waals surface area contributed by atoms with Crippen LogP contribution in [-0.2, 0) is 12.1 Å². The smallest absolute Gasteiger partial charge is 0.231 e. The minimum absolute atomic E-state index is 0.253. The highest BCUT2D eigenvalue weighted by Crippen LogP contribution is 2.39. The number of aromatic nitrogens is 2. The molecule has 2 aliphatic heterocycles. The molecule has 6 nitrogen and oxygen atoms in total. The molecule has 25 heavy (non-hydrogen) atoms. The molecule has 0 atom stereocenters. The molecule has 4 rings (SSSR count). The highest BCUT2D eigenvalue weighted by atomic mass is 16.7. The number of aryl methyl sites for hydroxylation is 1. The first-order valence-corrected chi connectivity index (χ1v) is 8.59. The molecule has 1 saturated heterocycles. The summed E-state index contributed by atoms with van der Waals surface area (Å²) in [5.41, 5.74) is 2.33. The Kier molecular flexibility index (Phi) is 4.01. The van der Waals surface area contributed by atoms with Crippen LogP contribution in [0.15, 0.2) is 31.0 Å². The highest BCUT2D eigenvalue weighted by Gasteiger charge is 2.35. The van der Waals surface area contributed by atoms with Crippen molar-refractivity contribution in [1.29, 1.82) is 0 Å². The van der Waals surface area contributed by atoms with Crippen LogP contribution in [0.2, 0.25) is 0 Å². The zero-order valence-corrected chi connectivity index (χ0v) is 14.4. The third-order valence-corrected chi connectivity index (χ3v) is 5.19. The maximum atomic E-state index is 11.1. The number of ether oxygens (including phenoxy) is 2. The Labute approximate surface area is 147 Å². The van der Waals surface area contributed by atoms with Gasteiger partial charge in [0.15, 0.2) is 11.5 Å². The van der Waals surface area contributed by atoms with Gasteiger partial charge < -0.3 is 14.6 Å². The minimum Gasteiger partial charge on any atom is -0.454 e. The van der Waals surface area contributed by atoms with E-state index in [1.807, 2.05) is 31.3 Å². The van der Waals surface area contributed by atoms with E-state index < -0.39 is 5.60 Å². The summed E-state index contributed by atoms with van der Waals surface area (Å²) < 4.78 is 12.5. The first-order valence-electron chi connectivity index (χ1n) is 8.59. The van der Waals surface area contributed by atoms with E-state index in [9.17, 15) is 5.11 Å². The normalized spacial score (nSPS) is 19.1. The van der Waals surface area contributed by atoms with Crippen molar-refractivity contribution in [1.82, 2.24) is 14.7 Å². The lowest BCUT2D eigenvalue weighted by Crippen LogP contribution is -2.42. The molecule has 0 unspecified atom stereocenters. The van der Waals surface area contributed by atoms with Crippen LogP contribution in [0.3, 0.4) is 0 Å². The number of aliphatic hydroxyl groups is 1. The topological polar surface area (TPSA) is 59.8 Å². The summed E-state index contributed by atoms with van der Waals surface area (Å²) in [5, 5.41) is 15.5. The number of hydrogen-bond acceptors (Lipinski definition) is 5. The Hall–Kier alpha value is -2.31. The van der Waals surface area contributed by atoms with E-state index in [0.29, 0.717) is 12.8 Å². The predicted molar refractivity (Wildman–Crippen MR) is 94.3 cm³/mol. The molecule has 1 aromatic carbocycles. The van der Waals surface area contributed by atoms with Crippen molar-refractivity contribution in [2.24, 2.45) is 0 Å². The lowest BCUT2D eigenvalue weighted by molar-refractivity contribution is -0.0278. The Morgan fingerprint density at radius 3 is 2.76 bits per heavy atom. The fourth-order valence-electron chi connectivity index (χ4n) is 3.56. The van der Waals surface area contributed by atoms with Crippen LogP contribution in [0.4, 0.5) is 0 Å². The van der Waals surface area contributed by atoms with Gasteiger partial charge in [-0.15, -0.1) is 0 Å². The average Bonchev–Trinajstić information content (AvgIpc) is 3.23. The monoisotopic (exact) mass is 341 g/mol. The zero-order valence-electron chi connectivity index (χ0n) is 14.4. The molecule has 1 fully saturated rings. The van der Waals surface area contributed by atoms with Crippen LogP contribution >= 0.6 is 0 Å². The van der Waals surface area contributed by atoms with Crippen molar-refractivity contribution >= 4 is 6.20 Å². The molecule has 0 aliphatic carbocycles. The third kappa shape index (κ3) is 3.03. The van der Waals surface area contributed by atoms with Gasteiger partial charge in [-0.05, 0) is 37.5 Å². The van der Waals surface area contributed by atoms with Crippen LogP contribution in [-0.4, -0.2) is 39.7 Å². The summed E-state index contributed by atoms with van der Waals surface area (Å²) in [7, 11) is 0. The fourth-order valence-corrected chi connectivity index (χ4v) is 3.56. The van der Waals surface area contributed by atoms with Gasteiger partial charge in [-0.1, -0.05) is 12.6 Å².